The van der Waals surface area contributed by atoms with Crippen molar-refractivity contribution in [1.82, 2.24) is 4.98 Å². The van der Waals surface area contributed by atoms with Gasteiger partial charge < -0.3 is 9.15 Å². The van der Waals surface area contributed by atoms with Crippen LogP contribution in [0, 0.1) is 10.1 Å². The van der Waals surface area contributed by atoms with Crippen LogP contribution in [-0.2, 0) is 4.74 Å². The summed E-state index contributed by atoms with van der Waals surface area (Å²) in [4.78, 5) is 25.2. The van der Waals surface area contributed by atoms with E-state index < -0.39 is 10.9 Å². The normalized spacial score (nSPS) is 10.1. The molecule has 0 radical (unpaired) electrons. The molecule has 0 aliphatic carbocycles. The molecule has 0 saturated heterocycles. The van der Waals surface area contributed by atoms with Crippen molar-refractivity contribution in [3.8, 4) is 11.5 Å². The van der Waals surface area contributed by atoms with Gasteiger partial charge in [0, 0.05) is 17.7 Å². The molecule has 1 aromatic heterocycles. The predicted molar refractivity (Wildman–Crippen MR) is 59.9 cm³/mol. The van der Waals surface area contributed by atoms with Crippen LogP contribution in [0.4, 0.5) is 5.69 Å². The van der Waals surface area contributed by atoms with Crippen LogP contribution in [0.3, 0.4) is 0 Å². The molecular formula is C11H8N2O5. The summed E-state index contributed by atoms with van der Waals surface area (Å²) in [5.41, 5.74) is 0.351. The average Bonchev–Trinajstić information content (AvgIpc) is 2.87. The van der Waals surface area contributed by atoms with Gasteiger partial charge in [0.2, 0.25) is 5.89 Å². The number of nitro groups is 1. The largest absolute Gasteiger partial charge is 0.464 e. The van der Waals surface area contributed by atoms with Crippen LogP contribution >= 0.6 is 0 Å². The number of carbonyl (C=O) groups excluding carboxylic acids is 1. The first kappa shape index (κ1) is 11.8. The molecule has 18 heavy (non-hydrogen) atoms. The van der Waals surface area contributed by atoms with Crippen molar-refractivity contribution in [1.29, 1.82) is 0 Å². The summed E-state index contributed by atoms with van der Waals surface area (Å²) in [6.45, 7) is 0. The van der Waals surface area contributed by atoms with Crippen molar-refractivity contribution in [3.05, 3.63) is 46.3 Å². The number of non-ortho nitro benzene ring substituents is 1. The molecule has 92 valence electrons. The van der Waals surface area contributed by atoms with E-state index in [1.54, 1.807) is 6.07 Å². The maximum absolute atomic E-state index is 11.2. The van der Waals surface area contributed by atoms with E-state index in [1.807, 2.05) is 0 Å². The van der Waals surface area contributed by atoms with Crippen LogP contribution in [0.1, 0.15) is 10.5 Å². The second-order valence-electron chi connectivity index (χ2n) is 3.34. The molecule has 2 rings (SSSR count). The van der Waals surface area contributed by atoms with Gasteiger partial charge in [0.15, 0.2) is 5.69 Å². The monoisotopic (exact) mass is 248 g/mol. The number of carbonyl (C=O) groups is 1. The van der Waals surface area contributed by atoms with E-state index in [0.717, 1.165) is 6.26 Å². The summed E-state index contributed by atoms with van der Waals surface area (Å²) >= 11 is 0. The van der Waals surface area contributed by atoms with E-state index in [0.29, 0.717) is 5.56 Å². The van der Waals surface area contributed by atoms with E-state index in [9.17, 15) is 14.9 Å². The Morgan fingerprint density at radius 1 is 1.50 bits per heavy atom. The zero-order valence-corrected chi connectivity index (χ0v) is 9.32. The first-order chi connectivity index (χ1) is 8.61. The lowest BCUT2D eigenvalue weighted by Gasteiger charge is -1.95. The molecule has 7 nitrogen and oxygen atoms in total. The maximum atomic E-state index is 11.2. The summed E-state index contributed by atoms with van der Waals surface area (Å²) in [6.07, 6.45) is 1.14. The number of nitro benzene ring substituents is 1. The van der Waals surface area contributed by atoms with Gasteiger partial charge in [-0.3, -0.25) is 10.1 Å². The topological polar surface area (TPSA) is 95.5 Å². The van der Waals surface area contributed by atoms with Gasteiger partial charge in [0.1, 0.15) is 6.26 Å². The lowest BCUT2D eigenvalue weighted by Crippen LogP contribution is -2.00. The molecule has 7 heteroatoms. The Labute approximate surface area is 101 Å². The fraction of sp³-hybridized carbons (Fsp3) is 0.0909. The Bertz CT molecular complexity index is 605. The number of esters is 1. The van der Waals surface area contributed by atoms with E-state index in [-0.39, 0.29) is 17.3 Å². The maximum Gasteiger partial charge on any atom is 0.360 e. The number of rotatable bonds is 3. The quantitative estimate of drug-likeness (QED) is 0.468. The van der Waals surface area contributed by atoms with Gasteiger partial charge in [-0.25, -0.2) is 9.78 Å². The van der Waals surface area contributed by atoms with Crippen molar-refractivity contribution in [2.24, 2.45) is 0 Å². The van der Waals surface area contributed by atoms with Gasteiger partial charge in [0.25, 0.3) is 5.69 Å². The molecule has 0 N–H and O–H groups in total. The number of oxazole rings is 1. The first-order valence-corrected chi connectivity index (χ1v) is 4.90. The zero-order chi connectivity index (χ0) is 13.1. The molecular weight excluding hydrogens is 240 g/mol. The highest BCUT2D eigenvalue weighted by Gasteiger charge is 2.15. The third kappa shape index (κ3) is 2.19. The molecule has 0 fully saturated rings. The highest BCUT2D eigenvalue weighted by Crippen LogP contribution is 2.23. The van der Waals surface area contributed by atoms with Gasteiger partial charge in [-0.1, -0.05) is 6.07 Å². The zero-order valence-electron chi connectivity index (χ0n) is 9.32. The average molecular weight is 248 g/mol. The Morgan fingerprint density at radius 3 is 2.94 bits per heavy atom. The third-order valence-electron chi connectivity index (χ3n) is 2.20. The number of aromatic nitrogens is 1. The Balaban J connectivity index is 2.37. The van der Waals surface area contributed by atoms with Crippen LogP contribution in [0.5, 0.6) is 0 Å². The molecule has 2 aromatic rings. The summed E-state index contributed by atoms with van der Waals surface area (Å²) in [7, 11) is 1.23. The van der Waals surface area contributed by atoms with Gasteiger partial charge in [0.05, 0.1) is 12.0 Å². The number of hydrogen-bond acceptors (Lipinski definition) is 6. The smallest absolute Gasteiger partial charge is 0.360 e. The minimum atomic E-state index is -0.629. The number of ether oxygens (including phenoxy) is 1. The van der Waals surface area contributed by atoms with Crippen molar-refractivity contribution in [2.75, 3.05) is 7.11 Å². The van der Waals surface area contributed by atoms with Crippen LogP contribution in [0.2, 0.25) is 0 Å². The molecule has 0 saturated carbocycles. The van der Waals surface area contributed by atoms with Crippen molar-refractivity contribution < 1.29 is 18.9 Å². The van der Waals surface area contributed by atoms with Crippen LogP contribution in [0.15, 0.2) is 34.9 Å². The molecule has 0 amide bonds. The Morgan fingerprint density at radius 2 is 2.28 bits per heavy atom. The highest BCUT2D eigenvalue weighted by molar-refractivity contribution is 5.87. The molecule has 0 bridgehead atoms. The van der Waals surface area contributed by atoms with Crippen LogP contribution < -0.4 is 0 Å². The fourth-order valence-electron chi connectivity index (χ4n) is 1.36. The molecule has 0 atom stereocenters. The predicted octanol–water partition coefficient (Wildman–Crippen LogP) is 2.04. The first-order valence-electron chi connectivity index (χ1n) is 4.90. The van der Waals surface area contributed by atoms with Gasteiger partial charge in [-0.2, -0.15) is 0 Å². The summed E-state index contributed by atoms with van der Waals surface area (Å²) in [5, 5.41) is 10.6. The van der Waals surface area contributed by atoms with E-state index in [1.165, 1.54) is 25.3 Å². The molecule has 0 spiro atoms. The second kappa shape index (κ2) is 4.66. The van der Waals surface area contributed by atoms with Crippen LogP contribution in [0.25, 0.3) is 11.5 Å². The standard InChI is InChI=1S/C11H8N2O5/c1-17-11(14)9-6-18-10(12-9)7-3-2-4-8(5-7)13(15)16/h2-6H,1H3. The molecule has 0 unspecified atom stereocenters. The van der Waals surface area contributed by atoms with Crippen LogP contribution in [-0.4, -0.2) is 23.0 Å². The number of nitrogens with zero attached hydrogens (tertiary/aromatic N) is 2. The van der Waals surface area contributed by atoms with Gasteiger partial charge in [-0.15, -0.1) is 0 Å². The second-order valence-corrected chi connectivity index (χ2v) is 3.34. The number of methoxy groups -OCH3 is 1. The highest BCUT2D eigenvalue weighted by atomic mass is 16.6. The summed E-state index contributed by atoms with van der Waals surface area (Å²) < 4.78 is 9.55. The van der Waals surface area contributed by atoms with E-state index in [4.69, 9.17) is 4.42 Å². The molecule has 0 aliphatic heterocycles. The minimum Gasteiger partial charge on any atom is -0.464 e. The van der Waals surface area contributed by atoms with E-state index >= 15 is 0 Å². The van der Waals surface area contributed by atoms with Gasteiger partial charge >= 0.3 is 5.97 Å². The summed E-state index contributed by atoms with van der Waals surface area (Å²) in [5.74, 6) is -0.505. The third-order valence-corrected chi connectivity index (χ3v) is 2.20. The lowest BCUT2D eigenvalue weighted by atomic mass is 10.2. The van der Waals surface area contributed by atoms with E-state index in [2.05, 4.69) is 9.72 Å². The lowest BCUT2D eigenvalue weighted by molar-refractivity contribution is -0.384. The molecule has 1 heterocycles. The Hall–Kier alpha value is -2.70. The fourth-order valence-corrected chi connectivity index (χ4v) is 1.36. The molecule has 1 aromatic carbocycles. The summed E-state index contributed by atoms with van der Waals surface area (Å²) in [6, 6.07) is 5.77. The molecule has 0 aliphatic rings. The number of hydrogen-bond donors (Lipinski definition) is 0. The number of benzene rings is 1. The minimum absolute atomic E-state index is 0.0130. The van der Waals surface area contributed by atoms with Gasteiger partial charge in [-0.05, 0) is 6.07 Å². The van der Waals surface area contributed by atoms with Crippen molar-refractivity contribution in [3.63, 3.8) is 0 Å². The van der Waals surface area contributed by atoms with Crippen molar-refractivity contribution in [2.45, 2.75) is 0 Å². The Kier molecular flexibility index (Phi) is 3.05. The van der Waals surface area contributed by atoms with Crippen molar-refractivity contribution >= 4 is 11.7 Å². The SMILES string of the molecule is COC(=O)c1coc(-c2cccc([N+](=O)[O-])c2)n1.